The van der Waals surface area contributed by atoms with E-state index in [0.717, 1.165) is 6.42 Å². The molecule has 11 heavy (non-hydrogen) atoms. The van der Waals surface area contributed by atoms with Crippen LogP contribution in [0.25, 0.3) is 0 Å². The van der Waals surface area contributed by atoms with Crippen molar-refractivity contribution in [3.05, 3.63) is 0 Å². The number of halogens is 3. The molecule has 0 spiro atoms. The van der Waals surface area contributed by atoms with Gasteiger partial charge in [0.1, 0.15) is 0 Å². The van der Waals surface area contributed by atoms with E-state index in [1.807, 2.05) is 6.92 Å². The third kappa shape index (κ3) is 3.14. The molecule has 1 rings (SSSR count). The van der Waals surface area contributed by atoms with Crippen molar-refractivity contribution < 1.29 is 12.9 Å². The van der Waals surface area contributed by atoms with Gasteiger partial charge in [-0.25, -0.2) is 0 Å². The maximum Gasteiger partial charge on any atom is 0.492 e. The van der Waals surface area contributed by atoms with Gasteiger partial charge < -0.3 is 17.8 Å². The molecule has 0 radical (unpaired) electrons. The maximum atomic E-state index is 11.9. The molecule has 0 amide bonds. The summed E-state index contributed by atoms with van der Waals surface area (Å²) < 4.78 is 35.6. The second-order valence-electron chi connectivity index (χ2n) is 3.36. The first kappa shape index (κ1) is 8.91. The Kier molecular flexibility index (Phi) is 2.47. The molecule has 0 aromatic rings. The Morgan fingerprint density at radius 2 is 2.09 bits per heavy atom. The summed E-state index contributed by atoms with van der Waals surface area (Å²) in [6.45, 7) is -1.39. The van der Waals surface area contributed by atoms with E-state index < -0.39 is 13.4 Å². The second kappa shape index (κ2) is 3.05. The summed E-state index contributed by atoms with van der Waals surface area (Å²) >= 11 is 0. The smallest absolute Gasteiger partial charge is 0.448 e. The molecule has 1 nitrogen and oxygen atoms in total. The van der Waals surface area contributed by atoms with Gasteiger partial charge in [0.25, 0.3) is 0 Å². The highest BCUT2D eigenvalue weighted by molar-refractivity contribution is 6.58. The van der Waals surface area contributed by atoms with Crippen LogP contribution in [0.5, 0.6) is 0 Å². The van der Waals surface area contributed by atoms with E-state index in [4.69, 9.17) is 0 Å². The van der Waals surface area contributed by atoms with Crippen LogP contribution in [-0.2, 0) is 0 Å². The molecule has 0 saturated carbocycles. The highest BCUT2D eigenvalue weighted by atomic mass is 19.4. The molecule has 0 N–H and O–H groups in total. The van der Waals surface area contributed by atoms with Gasteiger partial charge in [0, 0.05) is 0 Å². The van der Waals surface area contributed by atoms with Crippen LogP contribution in [0.3, 0.4) is 0 Å². The summed E-state index contributed by atoms with van der Waals surface area (Å²) in [6.07, 6.45) is 0.233. The third-order valence-corrected chi connectivity index (χ3v) is 1.97. The summed E-state index contributed by atoms with van der Waals surface area (Å²) in [5.41, 5.74) is 0. The Balaban J connectivity index is 2.29. The zero-order valence-corrected chi connectivity index (χ0v) is 6.56. The lowest BCUT2D eigenvalue weighted by molar-refractivity contribution is 0.323. The van der Waals surface area contributed by atoms with Crippen molar-refractivity contribution in [3.8, 4) is 0 Å². The van der Waals surface area contributed by atoms with E-state index in [0.29, 0.717) is 19.0 Å². The minimum Gasteiger partial charge on any atom is -0.448 e. The van der Waals surface area contributed by atoms with E-state index >= 15 is 0 Å². The standard InChI is InChI=1S/C6H12BF3N/c1-6-2-3-11(4-6)5-7(8,9)10/h6H,2-5H2,1H3/q-1. The van der Waals surface area contributed by atoms with Gasteiger partial charge in [-0.05, 0) is 31.9 Å². The van der Waals surface area contributed by atoms with E-state index in [9.17, 15) is 12.9 Å². The minimum absolute atomic E-state index is 0.438. The molecule has 1 atom stereocenters. The molecular weight excluding hydrogens is 154 g/mol. The zero-order chi connectivity index (χ0) is 8.48. The largest absolute Gasteiger partial charge is 0.492 e. The van der Waals surface area contributed by atoms with Crippen LogP contribution >= 0.6 is 0 Å². The number of hydrogen-bond donors (Lipinski definition) is 0. The fourth-order valence-electron chi connectivity index (χ4n) is 1.48. The lowest BCUT2D eigenvalue weighted by Crippen LogP contribution is -2.36. The van der Waals surface area contributed by atoms with Crippen molar-refractivity contribution in [3.63, 3.8) is 0 Å². The van der Waals surface area contributed by atoms with Gasteiger partial charge in [-0.3, -0.25) is 0 Å². The quantitative estimate of drug-likeness (QED) is 0.564. The van der Waals surface area contributed by atoms with E-state index in [2.05, 4.69) is 0 Å². The Bertz CT molecular complexity index is 136. The summed E-state index contributed by atoms with van der Waals surface area (Å²) in [5.74, 6) is 0.438. The number of rotatable bonds is 2. The highest BCUT2D eigenvalue weighted by Gasteiger charge is 2.29. The first-order valence-electron chi connectivity index (χ1n) is 3.91. The van der Waals surface area contributed by atoms with Crippen molar-refractivity contribution in [1.82, 2.24) is 4.90 Å². The number of nitrogens with zero attached hydrogens (tertiary/aromatic N) is 1. The Labute approximate surface area is 64.6 Å². The van der Waals surface area contributed by atoms with Crippen LogP contribution < -0.4 is 0 Å². The molecular formula is C6H12BF3N-. The number of hydrogen-bond acceptors (Lipinski definition) is 1. The first-order valence-corrected chi connectivity index (χ1v) is 3.91. The molecule has 1 aliphatic heterocycles. The maximum absolute atomic E-state index is 11.9. The van der Waals surface area contributed by atoms with Crippen molar-refractivity contribution in [2.45, 2.75) is 13.3 Å². The minimum atomic E-state index is -4.61. The second-order valence-corrected chi connectivity index (χ2v) is 3.36. The molecule has 1 heterocycles. The van der Waals surface area contributed by atoms with Crippen molar-refractivity contribution in [2.75, 3.05) is 19.5 Å². The summed E-state index contributed by atoms with van der Waals surface area (Å²) in [5, 5.41) is 0. The highest BCUT2D eigenvalue weighted by Crippen LogP contribution is 2.18. The molecule has 0 aromatic carbocycles. The van der Waals surface area contributed by atoms with Crippen LogP contribution in [-0.4, -0.2) is 31.4 Å². The molecule has 1 unspecified atom stereocenters. The summed E-state index contributed by atoms with van der Waals surface area (Å²) in [4.78, 5) is 1.49. The average Bonchev–Trinajstić information content (AvgIpc) is 2.10. The molecule has 5 heteroatoms. The van der Waals surface area contributed by atoms with Crippen LogP contribution in [0.4, 0.5) is 12.9 Å². The van der Waals surface area contributed by atoms with Crippen LogP contribution in [0, 0.1) is 5.92 Å². The molecule has 0 aromatic heterocycles. The monoisotopic (exact) mass is 166 g/mol. The fraction of sp³-hybridized carbons (Fsp3) is 1.00. The average molecular weight is 166 g/mol. The lowest BCUT2D eigenvalue weighted by atomic mass is 9.91. The first-order chi connectivity index (χ1) is 4.97. The molecule has 0 aliphatic carbocycles. The topological polar surface area (TPSA) is 3.24 Å². The lowest BCUT2D eigenvalue weighted by Gasteiger charge is -2.22. The molecule has 1 fully saturated rings. The molecule has 1 saturated heterocycles. The molecule has 1 aliphatic rings. The predicted octanol–water partition coefficient (Wildman–Crippen LogP) is 1.71. The van der Waals surface area contributed by atoms with Gasteiger partial charge in [0.2, 0.25) is 0 Å². The van der Waals surface area contributed by atoms with E-state index in [-0.39, 0.29) is 0 Å². The third-order valence-electron chi connectivity index (χ3n) is 1.97. The van der Waals surface area contributed by atoms with Gasteiger partial charge >= 0.3 is 6.98 Å². The van der Waals surface area contributed by atoms with Gasteiger partial charge in [-0.1, -0.05) is 6.92 Å². The fourth-order valence-corrected chi connectivity index (χ4v) is 1.48. The number of likely N-dealkylation sites (tertiary alicyclic amines) is 1. The molecule has 0 bridgehead atoms. The van der Waals surface area contributed by atoms with Gasteiger partial charge in [-0.2, -0.15) is 0 Å². The van der Waals surface area contributed by atoms with Crippen LogP contribution in [0.2, 0.25) is 0 Å². The normalized spacial score (nSPS) is 27.8. The Hall–Kier alpha value is -0.185. The summed E-state index contributed by atoms with van der Waals surface area (Å²) in [6, 6.07) is 0. The van der Waals surface area contributed by atoms with Crippen molar-refractivity contribution in [1.29, 1.82) is 0 Å². The van der Waals surface area contributed by atoms with Crippen molar-refractivity contribution in [2.24, 2.45) is 5.92 Å². The van der Waals surface area contributed by atoms with Crippen molar-refractivity contribution >= 4 is 6.98 Å². The van der Waals surface area contributed by atoms with Gasteiger partial charge in [-0.15, -0.1) is 0 Å². The van der Waals surface area contributed by atoms with Crippen LogP contribution in [0.1, 0.15) is 13.3 Å². The molecule has 66 valence electrons. The van der Waals surface area contributed by atoms with Crippen LogP contribution in [0.15, 0.2) is 0 Å². The van der Waals surface area contributed by atoms with E-state index in [1.165, 1.54) is 4.90 Å². The predicted molar refractivity (Wildman–Crippen MR) is 39.3 cm³/mol. The Morgan fingerprint density at radius 1 is 1.45 bits per heavy atom. The van der Waals surface area contributed by atoms with Gasteiger partial charge in [0.05, 0.1) is 0 Å². The van der Waals surface area contributed by atoms with E-state index in [1.54, 1.807) is 0 Å². The zero-order valence-electron chi connectivity index (χ0n) is 6.56. The SMILES string of the molecule is CC1CCN(C[B-](F)(F)F)C1. The van der Waals surface area contributed by atoms with Gasteiger partial charge in [0.15, 0.2) is 0 Å². The Morgan fingerprint density at radius 3 is 2.45 bits per heavy atom. The summed E-state index contributed by atoms with van der Waals surface area (Å²) in [7, 11) is 0.